The maximum absolute atomic E-state index is 13.9. The highest BCUT2D eigenvalue weighted by atomic mass is 16.5. The molecule has 1 aliphatic rings. The van der Waals surface area contributed by atoms with Gasteiger partial charge in [-0.25, -0.2) is 0 Å². The molecule has 6 heteroatoms. The molecular formula is C32H45N3O3. The molecule has 1 aliphatic carbocycles. The lowest BCUT2D eigenvalue weighted by Gasteiger charge is -2.35. The first-order valence-electron chi connectivity index (χ1n) is 13.9. The molecule has 0 saturated heterocycles. The number of hydrogen-bond acceptors (Lipinski definition) is 4. The highest BCUT2D eigenvalue weighted by Gasteiger charge is 2.42. The van der Waals surface area contributed by atoms with Gasteiger partial charge in [-0.05, 0) is 82.1 Å². The summed E-state index contributed by atoms with van der Waals surface area (Å²) in [6.45, 7) is 10.5. The van der Waals surface area contributed by atoms with E-state index < -0.39 is 17.0 Å². The van der Waals surface area contributed by atoms with E-state index in [-0.39, 0.29) is 11.8 Å². The third-order valence-corrected chi connectivity index (χ3v) is 6.95. The van der Waals surface area contributed by atoms with Crippen molar-refractivity contribution in [3.05, 3.63) is 65.7 Å². The molecule has 0 bridgehead atoms. The number of rotatable bonds is 10. The number of benzene rings is 2. The number of carbonyl (C=O) groups is 2. The zero-order valence-electron chi connectivity index (χ0n) is 23.7. The molecule has 2 atom stereocenters. The third kappa shape index (κ3) is 9.00. The molecule has 2 aromatic carbocycles. The van der Waals surface area contributed by atoms with Gasteiger partial charge in [0.05, 0.1) is 5.41 Å². The van der Waals surface area contributed by atoms with Crippen LogP contribution in [0.2, 0.25) is 0 Å². The van der Waals surface area contributed by atoms with Gasteiger partial charge < -0.3 is 20.8 Å². The number of carbonyl (C=O) groups excluding carboxylic acids is 2. The van der Waals surface area contributed by atoms with Gasteiger partial charge in [-0.2, -0.15) is 0 Å². The number of ether oxygens (including phenoxy) is 1. The molecule has 0 aromatic heterocycles. The lowest BCUT2D eigenvalue weighted by atomic mass is 9.73. The molecule has 2 unspecified atom stereocenters. The minimum Gasteiger partial charge on any atom is -0.489 e. The molecule has 2 amide bonds. The summed E-state index contributed by atoms with van der Waals surface area (Å²) in [4.78, 5) is 27.3. The average Bonchev–Trinajstić information content (AvgIpc) is 3.03. The Labute approximate surface area is 228 Å². The van der Waals surface area contributed by atoms with Crippen molar-refractivity contribution in [2.45, 2.75) is 97.8 Å². The normalized spacial score (nSPS) is 18.9. The molecule has 0 heterocycles. The fraction of sp³-hybridized carbons (Fsp3) is 0.531. The van der Waals surface area contributed by atoms with E-state index in [0.717, 1.165) is 42.6 Å². The van der Waals surface area contributed by atoms with Crippen molar-refractivity contribution >= 4 is 17.5 Å². The largest absolute Gasteiger partial charge is 0.489 e. The minimum absolute atomic E-state index is 0.102. The molecule has 3 rings (SSSR count). The second-order valence-corrected chi connectivity index (χ2v) is 12.3. The van der Waals surface area contributed by atoms with Crippen molar-refractivity contribution < 1.29 is 14.3 Å². The van der Waals surface area contributed by atoms with Crippen LogP contribution in [-0.4, -0.2) is 29.1 Å². The molecular weight excluding hydrogens is 474 g/mol. The monoisotopic (exact) mass is 519 g/mol. The van der Waals surface area contributed by atoms with Crippen molar-refractivity contribution in [2.75, 3.05) is 0 Å². The molecule has 2 aromatic rings. The van der Waals surface area contributed by atoms with Crippen molar-refractivity contribution in [1.29, 1.82) is 5.41 Å². The van der Waals surface area contributed by atoms with Crippen LogP contribution >= 0.6 is 0 Å². The van der Waals surface area contributed by atoms with Gasteiger partial charge >= 0.3 is 0 Å². The molecule has 206 valence electrons. The molecule has 0 radical (unpaired) electrons. The van der Waals surface area contributed by atoms with Gasteiger partial charge in [0.1, 0.15) is 18.4 Å². The minimum atomic E-state index is -0.709. The SMILES string of the molecule is CC(C)CC1(C(=O)NC(Cc2ccc(OCc3ccccc3)cc2)C(=O)NC(C)(C)C)CCCCC(=N)C1. The topological polar surface area (TPSA) is 91.3 Å². The summed E-state index contributed by atoms with van der Waals surface area (Å²) < 4.78 is 5.91. The van der Waals surface area contributed by atoms with E-state index in [1.54, 1.807) is 0 Å². The maximum atomic E-state index is 13.9. The third-order valence-electron chi connectivity index (χ3n) is 6.95. The molecule has 6 nitrogen and oxygen atoms in total. The predicted molar refractivity (Wildman–Crippen MR) is 153 cm³/mol. The van der Waals surface area contributed by atoms with E-state index in [1.807, 2.05) is 75.4 Å². The molecule has 3 N–H and O–H groups in total. The van der Waals surface area contributed by atoms with Crippen molar-refractivity contribution in [2.24, 2.45) is 11.3 Å². The highest BCUT2D eigenvalue weighted by Crippen LogP contribution is 2.40. The molecule has 1 saturated carbocycles. The van der Waals surface area contributed by atoms with E-state index in [0.29, 0.717) is 37.5 Å². The molecule has 1 fully saturated rings. The zero-order chi connectivity index (χ0) is 27.8. The number of amides is 2. The highest BCUT2D eigenvalue weighted by molar-refractivity contribution is 5.94. The van der Waals surface area contributed by atoms with E-state index in [1.165, 1.54) is 0 Å². The molecule has 0 spiro atoms. The first-order valence-corrected chi connectivity index (χ1v) is 13.9. The smallest absolute Gasteiger partial charge is 0.243 e. The van der Waals surface area contributed by atoms with Gasteiger partial charge in [0, 0.05) is 17.7 Å². The summed E-state index contributed by atoms with van der Waals surface area (Å²) in [5, 5.41) is 14.6. The summed E-state index contributed by atoms with van der Waals surface area (Å²) >= 11 is 0. The van der Waals surface area contributed by atoms with Crippen LogP contribution in [0.5, 0.6) is 5.75 Å². The number of hydrogen-bond donors (Lipinski definition) is 3. The Hall–Kier alpha value is -3.15. The Balaban J connectivity index is 1.77. The van der Waals surface area contributed by atoms with Crippen molar-refractivity contribution in [1.82, 2.24) is 10.6 Å². The Morgan fingerprint density at radius 3 is 2.32 bits per heavy atom. The lowest BCUT2D eigenvalue weighted by Crippen LogP contribution is -2.56. The van der Waals surface area contributed by atoms with Crippen LogP contribution in [0, 0.1) is 16.7 Å². The van der Waals surface area contributed by atoms with E-state index >= 15 is 0 Å². The van der Waals surface area contributed by atoms with Gasteiger partial charge in [0.15, 0.2) is 0 Å². The van der Waals surface area contributed by atoms with E-state index in [2.05, 4.69) is 24.5 Å². The Morgan fingerprint density at radius 1 is 1.00 bits per heavy atom. The van der Waals surface area contributed by atoms with Crippen LogP contribution in [-0.2, 0) is 22.6 Å². The van der Waals surface area contributed by atoms with Gasteiger partial charge in [-0.3, -0.25) is 9.59 Å². The molecule has 0 aliphatic heterocycles. The van der Waals surface area contributed by atoms with Gasteiger partial charge in [-0.15, -0.1) is 0 Å². The van der Waals surface area contributed by atoms with Crippen LogP contribution < -0.4 is 15.4 Å². The Kier molecular flexibility index (Phi) is 10.1. The summed E-state index contributed by atoms with van der Waals surface area (Å²) in [7, 11) is 0. The van der Waals surface area contributed by atoms with E-state index in [4.69, 9.17) is 10.1 Å². The first kappa shape index (κ1) is 29.4. The quantitative estimate of drug-likeness (QED) is 0.325. The second kappa shape index (κ2) is 13.1. The van der Waals surface area contributed by atoms with Crippen LogP contribution in [0.15, 0.2) is 54.6 Å². The Bertz CT molecular complexity index is 1070. The van der Waals surface area contributed by atoms with Gasteiger partial charge in [0.2, 0.25) is 11.8 Å². The fourth-order valence-electron chi connectivity index (χ4n) is 5.30. The summed E-state index contributed by atoms with van der Waals surface area (Å²) in [5.41, 5.74) is 1.62. The predicted octanol–water partition coefficient (Wildman–Crippen LogP) is 6.22. The van der Waals surface area contributed by atoms with E-state index in [9.17, 15) is 9.59 Å². The lowest BCUT2D eigenvalue weighted by molar-refractivity contribution is -0.136. The number of nitrogens with one attached hydrogen (secondary N) is 3. The summed E-state index contributed by atoms with van der Waals surface area (Å²) in [6, 6.07) is 17.0. The zero-order valence-corrected chi connectivity index (χ0v) is 23.7. The fourth-order valence-corrected chi connectivity index (χ4v) is 5.30. The van der Waals surface area contributed by atoms with Crippen LogP contribution in [0.3, 0.4) is 0 Å². The summed E-state index contributed by atoms with van der Waals surface area (Å²) in [5.74, 6) is 0.774. The van der Waals surface area contributed by atoms with Gasteiger partial charge in [-0.1, -0.05) is 62.7 Å². The standard InChI is InChI=1S/C32H45N3O3/c1-23(2)20-32(18-10-9-13-26(33)21-32)30(37)34-28(29(36)35-31(3,4)5)19-24-14-16-27(17-15-24)38-22-25-11-7-6-8-12-25/h6-8,11-12,14-17,23,28,33H,9-10,13,18-22H2,1-5H3,(H,34,37)(H,35,36). The van der Waals surface area contributed by atoms with Crippen LogP contribution in [0.25, 0.3) is 0 Å². The maximum Gasteiger partial charge on any atom is 0.243 e. The van der Waals surface area contributed by atoms with Crippen molar-refractivity contribution in [3.8, 4) is 5.75 Å². The van der Waals surface area contributed by atoms with Gasteiger partial charge in [0.25, 0.3) is 0 Å². The molecule has 38 heavy (non-hydrogen) atoms. The second-order valence-electron chi connectivity index (χ2n) is 12.3. The Morgan fingerprint density at radius 2 is 1.68 bits per heavy atom. The van der Waals surface area contributed by atoms with Crippen LogP contribution in [0.1, 0.15) is 84.3 Å². The average molecular weight is 520 g/mol. The van der Waals surface area contributed by atoms with Crippen LogP contribution in [0.4, 0.5) is 0 Å². The summed E-state index contributed by atoms with van der Waals surface area (Å²) in [6.07, 6.45) is 4.92. The first-order chi connectivity index (χ1) is 18.0. The van der Waals surface area contributed by atoms with Crippen molar-refractivity contribution in [3.63, 3.8) is 0 Å².